The molecule has 30 heavy (non-hydrogen) atoms. The molecule has 0 saturated heterocycles. The van der Waals surface area contributed by atoms with E-state index in [0.29, 0.717) is 17.4 Å². The fraction of sp³-hybridized carbons (Fsp3) is 0.435. The molecule has 5 nitrogen and oxygen atoms in total. The number of hydrogen-bond acceptors (Lipinski definition) is 5. The lowest BCUT2D eigenvalue weighted by Gasteiger charge is -2.36. The molecule has 2 aromatic rings. The second kappa shape index (κ2) is 13.4. The lowest BCUT2D eigenvalue weighted by Crippen LogP contribution is -2.43. The Hall–Kier alpha value is -1.95. The first-order chi connectivity index (χ1) is 13.9. The molecular formula is C23H31Cl2NO4. The summed E-state index contributed by atoms with van der Waals surface area (Å²) in [5, 5.41) is 0.703. The number of methoxy groups -OCH3 is 1. The Morgan fingerprint density at radius 2 is 1.83 bits per heavy atom. The van der Waals surface area contributed by atoms with Gasteiger partial charge >= 0.3 is 5.97 Å². The van der Waals surface area contributed by atoms with Crippen molar-refractivity contribution < 1.29 is 19.0 Å². The summed E-state index contributed by atoms with van der Waals surface area (Å²) in [4.78, 5) is 13.4. The summed E-state index contributed by atoms with van der Waals surface area (Å²) in [6.07, 6.45) is 1.71. The number of benzene rings is 2. The van der Waals surface area contributed by atoms with Crippen LogP contribution in [0.25, 0.3) is 0 Å². The second-order valence-electron chi connectivity index (χ2n) is 6.92. The predicted octanol–water partition coefficient (Wildman–Crippen LogP) is 5.52. The number of rotatable bonds is 11. The minimum absolute atomic E-state index is 0. The Morgan fingerprint density at radius 3 is 2.43 bits per heavy atom. The molecule has 166 valence electrons. The van der Waals surface area contributed by atoms with E-state index in [9.17, 15) is 4.79 Å². The Labute approximate surface area is 190 Å². The molecule has 2 rings (SSSR count). The number of hydrogen-bond donors (Lipinski definition) is 0. The molecule has 0 amide bonds. The number of carbonyl (C=O) groups excluding carboxylic acids is 1. The van der Waals surface area contributed by atoms with Crippen LogP contribution in [0.15, 0.2) is 48.5 Å². The first-order valence-corrected chi connectivity index (χ1v) is 10.3. The minimum atomic E-state index is -0.402. The van der Waals surface area contributed by atoms with E-state index >= 15 is 0 Å². The first kappa shape index (κ1) is 26.1. The molecular weight excluding hydrogens is 425 g/mol. The van der Waals surface area contributed by atoms with Crippen molar-refractivity contribution in [3.05, 3.63) is 59.1 Å². The molecule has 0 aromatic heterocycles. The van der Waals surface area contributed by atoms with Gasteiger partial charge in [-0.2, -0.15) is 0 Å². The van der Waals surface area contributed by atoms with Crippen LogP contribution in [0.2, 0.25) is 5.02 Å². The van der Waals surface area contributed by atoms with E-state index in [1.165, 1.54) is 7.11 Å². The molecule has 0 heterocycles. The Bertz CT molecular complexity index is 770. The van der Waals surface area contributed by atoms with E-state index in [1.54, 1.807) is 0 Å². The molecule has 7 heteroatoms. The number of ether oxygens (including phenoxy) is 3. The fourth-order valence-corrected chi connectivity index (χ4v) is 3.38. The van der Waals surface area contributed by atoms with Crippen molar-refractivity contribution in [1.82, 2.24) is 0 Å². The number of nitrogens with zero attached hydrogens (tertiary/aromatic N) is 1. The lowest BCUT2D eigenvalue weighted by atomic mass is 10.0. The third-order valence-corrected chi connectivity index (χ3v) is 4.81. The summed E-state index contributed by atoms with van der Waals surface area (Å²) >= 11 is 6.23. The largest absolute Gasteiger partial charge is 0.482 e. The van der Waals surface area contributed by atoms with Gasteiger partial charge in [-0.05, 0) is 62.6 Å². The summed E-state index contributed by atoms with van der Waals surface area (Å²) in [6, 6.07) is 15.8. The van der Waals surface area contributed by atoms with Gasteiger partial charge in [0.15, 0.2) is 6.61 Å². The van der Waals surface area contributed by atoms with Crippen LogP contribution in [0.1, 0.15) is 32.8 Å². The number of halogens is 2. The van der Waals surface area contributed by atoms with Crippen molar-refractivity contribution in [3.8, 4) is 5.75 Å². The summed E-state index contributed by atoms with van der Waals surface area (Å²) in [5.74, 6) is 0.235. The molecule has 2 unspecified atom stereocenters. The van der Waals surface area contributed by atoms with Gasteiger partial charge in [0.2, 0.25) is 0 Å². The quantitative estimate of drug-likeness (QED) is 0.329. The third kappa shape index (κ3) is 8.05. The van der Waals surface area contributed by atoms with E-state index in [4.69, 9.17) is 21.1 Å². The molecule has 0 radical (unpaired) electrons. The van der Waals surface area contributed by atoms with Crippen molar-refractivity contribution in [3.63, 3.8) is 0 Å². The van der Waals surface area contributed by atoms with Crippen LogP contribution in [0.3, 0.4) is 0 Å². The highest BCUT2D eigenvalue weighted by atomic mass is 35.5. The van der Waals surface area contributed by atoms with Crippen LogP contribution in [0.4, 0.5) is 5.69 Å². The van der Waals surface area contributed by atoms with Crippen molar-refractivity contribution in [2.45, 2.75) is 45.9 Å². The van der Waals surface area contributed by atoms with Crippen LogP contribution in [-0.4, -0.2) is 38.6 Å². The zero-order chi connectivity index (χ0) is 21.2. The highest BCUT2D eigenvalue weighted by Gasteiger charge is 2.22. The van der Waals surface area contributed by atoms with Gasteiger partial charge in [-0.15, -0.1) is 12.4 Å². The van der Waals surface area contributed by atoms with Crippen molar-refractivity contribution in [2.24, 2.45) is 0 Å². The Morgan fingerprint density at radius 1 is 1.13 bits per heavy atom. The van der Waals surface area contributed by atoms with E-state index in [1.807, 2.05) is 42.5 Å². The van der Waals surface area contributed by atoms with Gasteiger partial charge < -0.3 is 19.1 Å². The normalized spacial score (nSPS) is 12.4. The summed E-state index contributed by atoms with van der Waals surface area (Å²) < 4.78 is 16.0. The Balaban J connectivity index is 0.00000450. The molecule has 2 aromatic carbocycles. The van der Waals surface area contributed by atoms with Gasteiger partial charge in [0.05, 0.1) is 7.11 Å². The standard InChI is InChI=1S/C23H30ClNO4.ClH/c1-5-13-28-18(3)25(21-8-6-7-20(24)15-21)17(2)14-19-9-11-22(12-10-19)29-16-23(26)27-4;/h6-12,15,17-18H,5,13-14,16H2,1-4H3;1H. The van der Waals surface area contributed by atoms with E-state index in [-0.39, 0.29) is 31.3 Å². The third-order valence-electron chi connectivity index (χ3n) is 4.57. The van der Waals surface area contributed by atoms with Crippen LogP contribution < -0.4 is 9.64 Å². The monoisotopic (exact) mass is 455 g/mol. The molecule has 2 atom stereocenters. The predicted molar refractivity (Wildman–Crippen MR) is 124 cm³/mol. The highest BCUT2D eigenvalue weighted by Crippen LogP contribution is 2.26. The van der Waals surface area contributed by atoms with Gasteiger partial charge in [-0.25, -0.2) is 4.79 Å². The zero-order valence-corrected chi connectivity index (χ0v) is 19.5. The summed E-state index contributed by atoms with van der Waals surface area (Å²) in [7, 11) is 1.34. The van der Waals surface area contributed by atoms with Gasteiger partial charge in [-0.3, -0.25) is 0 Å². The maximum Gasteiger partial charge on any atom is 0.343 e. The van der Waals surface area contributed by atoms with E-state index in [0.717, 1.165) is 24.1 Å². The van der Waals surface area contributed by atoms with Gasteiger partial charge in [-0.1, -0.05) is 36.7 Å². The van der Waals surface area contributed by atoms with Gasteiger partial charge in [0, 0.05) is 23.4 Å². The lowest BCUT2D eigenvalue weighted by molar-refractivity contribution is -0.142. The van der Waals surface area contributed by atoms with Crippen LogP contribution in [0, 0.1) is 0 Å². The first-order valence-electron chi connectivity index (χ1n) is 9.88. The van der Waals surface area contributed by atoms with Gasteiger partial charge in [0.25, 0.3) is 0 Å². The van der Waals surface area contributed by atoms with Gasteiger partial charge in [0.1, 0.15) is 12.0 Å². The van der Waals surface area contributed by atoms with Crippen molar-refractivity contribution >= 4 is 35.7 Å². The highest BCUT2D eigenvalue weighted by molar-refractivity contribution is 6.30. The number of esters is 1. The minimum Gasteiger partial charge on any atom is -0.482 e. The molecule has 0 aliphatic carbocycles. The second-order valence-corrected chi connectivity index (χ2v) is 7.36. The molecule has 0 saturated carbocycles. The average molecular weight is 456 g/mol. The molecule has 0 spiro atoms. The smallest absolute Gasteiger partial charge is 0.343 e. The van der Waals surface area contributed by atoms with E-state index in [2.05, 4.69) is 36.5 Å². The van der Waals surface area contributed by atoms with Crippen molar-refractivity contribution in [2.75, 3.05) is 25.2 Å². The molecule has 0 aliphatic heterocycles. The number of carbonyl (C=O) groups is 1. The van der Waals surface area contributed by atoms with Crippen LogP contribution in [0.5, 0.6) is 5.75 Å². The maximum absolute atomic E-state index is 11.2. The van der Waals surface area contributed by atoms with Crippen LogP contribution in [-0.2, 0) is 20.7 Å². The summed E-state index contributed by atoms with van der Waals surface area (Å²) in [5.41, 5.74) is 2.20. The molecule has 0 fully saturated rings. The molecule has 0 bridgehead atoms. The van der Waals surface area contributed by atoms with E-state index < -0.39 is 5.97 Å². The topological polar surface area (TPSA) is 48.0 Å². The Kier molecular flexibility index (Phi) is 11.6. The van der Waals surface area contributed by atoms with Crippen molar-refractivity contribution in [1.29, 1.82) is 0 Å². The zero-order valence-electron chi connectivity index (χ0n) is 18.0. The summed E-state index contributed by atoms with van der Waals surface area (Å²) in [6.45, 7) is 6.95. The maximum atomic E-state index is 11.2. The molecule has 0 N–H and O–H groups in total. The average Bonchev–Trinajstić information content (AvgIpc) is 2.71. The SMILES string of the molecule is CCCOC(C)N(c1cccc(Cl)c1)C(C)Cc1ccc(OCC(=O)OC)cc1.Cl. The fourth-order valence-electron chi connectivity index (χ4n) is 3.19. The number of anilines is 1. The van der Waals surface area contributed by atoms with Crippen LogP contribution >= 0.6 is 24.0 Å². The molecule has 0 aliphatic rings.